The number of aromatic amines is 1. The van der Waals surface area contributed by atoms with Gasteiger partial charge in [-0.05, 0) is 25.8 Å². The zero-order valence-corrected chi connectivity index (χ0v) is 10.0. The van der Waals surface area contributed by atoms with E-state index >= 15 is 0 Å². The van der Waals surface area contributed by atoms with Gasteiger partial charge in [-0.3, -0.25) is 4.79 Å². The largest absolute Gasteiger partial charge is 0.355 e. The van der Waals surface area contributed by atoms with Crippen LogP contribution in [0.1, 0.15) is 31.5 Å². The minimum atomic E-state index is 0.0207. The van der Waals surface area contributed by atoms with Crippen LogP contribution in [0.2, 0.25) is 0 Å². The zero-order chi connectivity index (χ0) is 11.9. The number of carbonyl (C=O) groups excluding carboxylic acids is 1. The summed E-state index contributed by atoms with van der Waals surface area (Å²) in [5, 5.41) is 6.21. The Kier molecular flexibility index (Phi) is 4.55. The van der Waals surface area contributed by atoms with Gasteiger partial charge in [0.25, 0.3) is 0 Å². The monoisotopic (exact) mass is 236 g/mol. The average Bonchev–Trinajstić information content (AvgIpc) is 2.88. The van der Waals surface area contributed by atoms with Crippen LogP contribution >= 0.6 is 0 Å². The predicted octanol–water partition coefficient (Wildman–Crippen LogP) is 0.601. The Morgan fingerprint density at radius 2 is 2.47 bits per heavy atom. The lowest BCUT2D eigenvalue weighted by atomic mass is 10.0. The molecule has 1 aromatic rings. The van der Waals surface area contributed by atoms with Crippen LogP contribution in [-0.4, -0.2) is 35.0 Å². The van der Waals surface area contributed by atoms with Gasteiger partial charge in [0.15, 0.2) is 0 Å². The molecule has 0 saturated carbocycles. The molecule has 1 unspecified atom stereocenters. The number of nitrogens with one attached hydrogen (secondary N) is 3. The fourth-order valence-electron chi connectivity index (χ4n) is 2.10. The van der Waals surface area contributed by atoms with Gasteiger partial charge in [0.05, 0.1) is 6.04 Å². The number of aryl methyl sites for hydroxylation is 1. The maximum atomic E-state index is 11.8. The van der Waals surface area contributed by atoms with Crippen molar-refractivity contribution in [3.8, 4) is 0 Å². The van der Waals surface area contributed by atoms with Gasteiger partial charge in [0.1, 0.15) is 5.82 Å². The topological polar surface area (TPSA) is 69.8 Å². The Labute approximate surface area is 101 Å². The summed E-state index contributed by atoms with van der Waals surface area (Å²) in [6.07, 6.45) is 8.67. The zero-order valence-electron chi connectivity index (χ0n) is 10.0. The molecule has 17 heavy (non-hydrogen) atoms. The Balaban J connectivity index is 1.59. The number of nitrogens with zero attached hydrogens (tertiary/aromatic N) is 1. The molecule has 0 radical (unpaired) electrons. The molecule has 3 N–H and O–H groups in total. The van der Waals surface area contributed by atoms with E-state index in [9.17, 15) is 4.79 Å². The first kappa shape index (κ1) is 12.1. The van der Waals surface area contributed by atoms with Gasteiger partial charge in [0, 0.05) is 25.4 Å². The van der Waals surface area contributed by atoms with Crippen molar-refractivity contribution in [2.24, 2.45) is 0 Å². The van der Waals surface area contributed by atoms with Crippen molar-refractivity contribution in [2.45, 2.75) is 38.1 Å². The number of amides is 1. The number of aromatic nitrogens is 2. The first-order chi connectivity index (χ1) is 8.36. The van der Waals surface area contributed by atoms with Crippen LogP contribution in [0.5, 0.6) is 0 Å². The quantitative estimate of drug-likeness (QED) is 0.656. The third kappa shape index (κ3) is 3.85. The molecule has 94 valence electrons. The summed E-state index contributed by atoms with van der Waals surface area (Å²) in [4.78, 5) is 19.0. The number of H-pyrrole nitrogens is 1. The van der Waals surface area contributed by atoms with Crippen LogP contribution in [0.4, 0.5) is 0 Å². The van der Waals surface area contributed by atoms with Crippen molar-refractivity contribution in [1.82, 2.24) is 20.6 Å². The van der Waals surface area contributed by atoms with Gasteiger partial charge in [-0.15, -0.1) is 0 Å². The van der Waals surface area contributed by atoms with E-state index in [2.05, 4.69) is 20.6 Å². The van der Waals surface area contributed by atoms with Crippen molar-refractivity contribution in [3.63, 3.8) is 0 Å². The highest BCUT2D eigenvalue weighted by molar-refractivity contribution is 5.81. The second-order valence-electron chi connectivity index (χ2n) is 4.43. The van der Waals surface area contributed by atoms with E-state index < -0.39 is 0 Å². The maximum absolute atomic E-state index is 11.8. The third-order valence-electron chi connectivity index (χ3n) is 3.07. The normalized spacial score (nSPS) is 20.1. The average molecular weight is 236 g/mol. The number of rotatable bonds is 5. The Morgan fingerprint density at radius 3 is 3.18 bits per heavy atom. The number of piperidine rings is 1. The standard InChI is InChI=1S/C12H20N4O/c17-12(10-4-1-2-6-13-10)16-7-3-5-11-14-8-9-15-11/h8-10,13H,1-7H2,(H,14,15)(H,16,17). The predicted molar refractivity (Wildman–Crippen MR) is 65.6 cm³/mol. The maximum Gasteiger partial charge on any atom is 0.237 e. The highest BCUT2D eigenvalue weighted by Gasteiger charge is 2.19. The van der Waals surface area contributed by atoms with Crippen molar-refractivity contribution < 1.29 is 4.79 Å². The van der Waals surface area contributed by atoms with Crippen LogP contribution in [0.15, 0.2) is 12.4 Å². The van der Waals surface area contributed by atoms with Crippen molar-refractivity contribution in [2.75, 3.05) is 13.1 Å². The summed E-state index contributed by atoms with van der Waals surface area (Å²) in [6.45, 7) is 1.68. The minimum absolute atomic E-state index is 0.0207. The van der Waals surface area contributed by atoms with Crippen molar-refractivity contribution in [1.29, 1.82) is 0 Å². The van der Waals surface area contributed by atoms with Crippen LogP contribution in [-0.2, 0) is 11.2 Å². The molecule has 5 nitrogen and oxygen atoms in total. The molecule has 0 bridgehead atoms. The van der Waals surface area contributed by atoms with Crippen molar-refractivity contribution >= 4 is 5.91 Å². The van der Waals surface area contributed by atoms with E-state index in [1.54, 1.807) is 6.20 Å². The Hall–Kier alpha value is -1.36. The summed E-state index contributed by atoms with van der Waals surface area (Å²) in [5.41, 5.74) is 0. The molecule has 1 aromatic heterocycles. The lowest BCUT2D eigenvalue weighted by molar-refractivity contribution is -0.123. The number of hydrogen-bond donors (Lipinski definition) is 3. The van der Waals surface area contributed by atoms with Crippen molar-refractivity contribution in [3.05, 3.63) is 18.2 Å². The molecule has 1 fully saturated rings. The van der Waals surface area contributed by atoms with E-state index in [0.29, 0.717) is 0 Å². The van der Waals surface area contributed by atoms with Gasteiger partial charge in [0.2, 0.25) is 5.91 Å². The lowest BCUT2D eigenvalue weighted by Gasteiger charge is -2.22. The molecule has 1 aliphatic rings. The molecule has 2 heterocycles. The summed E-state index contributed by atoms with van der Waals surface area (Å²) >= 11 is 0. The minimum Gasteiger partial charge on any atom is -0.355 e. The van der Waals surface area contributed by atoms with Gasteiger partial charge >= 0.3 is 0 Å². The van der Waals surface area contributed by atoms with Crippen LogP contribution in [0.3, 0.4) is 0 Å². The Morgan fingerprint density at radius 1 is 1.53 bits per heavy atom. The second-order valence-corrected chi connectivity index (χ2v) is 4.43. The van der Waals surface area contributed by atoms with Gasteiger partial charge in [-0.2, -0.15) is 0 Å². The molecule has 1 atom stereocenters. The van der Waals surface area contributed by atoms with Crippen LogP contribution < -0.4 is 10.6 Å². The molecule has 0 aliphatic carbocycles. The molecular formula is C12H20N4O. The molecule has 1 saturated heterocycles. The van der Waals surface area contributed by atoms with E-state index in [1.165, 1.54) is 6.42 Å². The SMILES string of the molecule is O=C(NCCCc1ncc[nH]1)C1CCCCN1. The molecule has 0 spiro atoms. The molecule has 1 aliphatic heterocycles. The first-order valence-electron chi connectivity index (χ1n) is 6.35. The summed E-state index contributed by atoms with van der Waals surface area (Å²) in [7, 11) is 0. The lowest BCUT2D eigenvalue weighted by Crippen LogP contribution is -2.46. The number of carbonyl (C=O) groups is 1. The van der Waals surface area contributed by atoms with Gasteiger partial charge < -0.3 is 15.6 Å². The van der Waals surface area contributed by atoms with Gasteiger partial charge in [-0.25, -0.2) is 4.98 Å². The van der Waals surface area contributed by atoms with E-state index in [-0.39, 0.29) is 11.9 Å². The molecule has 2 rings (SSSR count). The first-order valence-corrected chi connectivity index (χ1v) is 6.35. The second kappa shape index (κ2) is 6.39. The highest BCUT2D eigenvalue weighted by atomic mass is 16.2. The molecule has 5 heteroatoms. The highest BCUT2D eigenvalue weighted by Crippen LogP contribution is 2.06. The Bertz CT molecular complexity index is 330. The fraction of sp³-hybridized carbons (Fsp3) is 0.667. The van der Waals surface area contributed by atoms with Crippen LogP contribution in [0, 0.1) is 0 Å². The third-order valence-corrected chi connectivity index (χ3v) is 3.07. The van der Waals surface area contributed by atoms with Crippen LogP contribution in [0.25, 0.3) is 0 Å². The van der Waals surface area contributed by atoms with E-state index in [4.69, 9.17) is 0 Å². The summed E-state index contributed by atoms with van der Waals surface area (Å²) < 4.78 is 0. The van der Waals surface area contributed by atoms with Gasteiger partial charge in [-0.1, -0.05) is 6.42 Å². The smallest absolute Gasteiger partial charge is 0.237 e. The number of imidazole rings is 1. The van der Waals surface area contributed by atoms with E-state index in [1.807, 2.05) is 6.20 Å². The summed E-state index contributed by atoms with van der Waals surface area (Å²) in [6, 6.07) is 0.0207. The molecule has 1 amide bonds. The fourth-order valence-corrected chi connectivity index (χ4v) is 2.10. The number of hydrogen-bond acceptors (Lipinski definition) is 3. The molecule has 0 aromatic carbocycles. The van der Waals surface area contributed by atoms with E-state index in [0.717, 1.165) is 44.6 Å². The molecular weight excluding hydrogens is 216 g/mol. The summed E-state index contributed by atoms with van der Waals surface area (Å²) in [5.74, 6) is 1.12.